The Hall–Kier alpha value is -2.08. The molecule has 6 nitrogen and oxygen atoms in total. The van der Waals surface area contributed by atoms with Crippen LogP contribution in [0.15, 0.2) is 24.5 Å². The van der Waals surface area contributed by atoms with E-state index < -0.39 is 4.92 Å². The molecule has 20 heavy (non-hydrogen) atoms. The van der Waals surface area contributed by atoms with E-state index in [2.05, 4.69) is 5.10 Å². The molecule has 1 aromatic heterocycles. The number of rotatable bonds is 4. The fourth-order valence-electron chi connectivity index (χ4n) is 2.21. The zero-order valence-corrected chi connectivity index (χ0v) is 12.3. The number of anilines is 1. The maximum Gasteiger partial charge on any atom is 0.271 e. The van der Waals surface area contributed by atoms with Crippen molar-refractivity contribution in [3.63, 3.8) is 0 Å². The summed E-state index contributed by atoms with van der Waals surface area (Å²) in [5.41, 5.74) is 2.62. The first-order chi connectivity index (χ1) is 9.38. The fraction of sp³-hybridized carbons (Fsp3) is 0.308. The maximum absolute atomic E-state index is 10.8. The van der Waals surface area contributed by atoms with Crippen molar-refractivity contribution in [1.82, 2.24) is 9.78 Å². The average molecular weight is 295 g/mol. The molecular weight excluding hydrogens is 280 g/mol. The topological polar surface area (TPSA) is 64.2 Å². The summed E-state index contributed by atoms with van der Waals surface area (Å²) in [6.45, 7) is 2.44. The Morgan fingerprint density at radius 2 is 2.20 bits per heavy atom. The Labute approximate surface area is 121 Å². The lowest BCUT2D eigenvalue weighted by molar-refractivity contribution is -0.384. The lowest BCUT2D eigenvalue weighted by Gasteiger charge is -2.22. The van der Waals surface area contributed by atoms with Crippen LogP contribution in [0.4, 0.5) is 11.4 Å². The second-order valence-electron chi connectivity index (χ2n) is 4.73. The number of hydrogen-bond donors (Lipinski definition) is 0. The van der Waals surface area contributed by atoms with E-state index in [4.69, 9.17) is 11.6 Å². The third-order valence-electron chi connectivity index (χ3n) is 3.01. The molecule has 0 amide bonds. The molecule has 0 radical (unpaired) electrons. The minimum absolute atomic E-state index is 0.00558. The van der Waals surface area contributed by atoms with Gasteiger partial charge in [0.05, 0.1) is 21.8 Å². The first-order valence-corrected chi connectivity index (χ1v) is 6.39. The molecule has 1 heterocycles. The predicted octanol–water partition coefficient (Wildman–Crippen LogP) is 2.93. The predicted molar refractivity (Wildman–Crippen MR) is 78.2 cm³/mol. The first kappa shape index (κ1) is 14.3. The maximum atomic E-state index is 10.8. The third kappa shape index (κ3) is 2.91. The summed E-state index contributed by atoms with van der Waals surface area (Å²) in [5, 5.41) is 15.3. The molecule has 0 aliphatic heterocycles. The van der Waals surface area contributed by atoms with Gasteiger partial charge in [0.2, 0.25) is 0 Å². The third-order valence-corrected chi connectivity index (χ3v) is 3.30. The lowest BCUT2D eigenvalue weighted by Crippen LogP contribution is -2.17. The van der Waals surface area contributed by atoms with Crippen molar-refractivity contribution in [2.75, 3.05) is 11.9 Å². The van der Waals surface area contributed by atoms with Crippen LogP contribution in [0.25, 0.3) is 0 Å². The van der Waals surface area contributed by atoms with Crippen LogP contribution in [-0.4, -0.2) is 21.8 Å². The number of non-ortho nitro benzene ring substituents is 1. The Bertz CT molecular complexity index is 631. The van der Waals surface area contributed by atoms with Crippen LogP contribution in [0.5, 0.6) is 0 Å². The highest BCUT2D eigenvalue weighted by Crippen LogP contribution is 2.33. The Morgan fingerprint density at radius 3 is 2.70 bits per heavy atom. The zero-order chi connectivity index (χ0) is 14.9. The SMILES string of the molecule is Cc1cc([N+](=O)[O-])cc(Cl)c1N(C)Cc1cnn(C)c1. The van der Waals surface area contributed by atoms with Crippen LogP contribution in [0, 0.1) is 17.0 Å². The Balaban J connectivity index is 2.30. The highest BCUT2D eigenvalue weighted by atomic mass is 35.5. The molecule has 0 aliphatic carbocycles. The molecule has 2 aromatic rings. The van der Waals surface area contributed by atoms with E-state index in [9.17, 15) is 10.1 Å². The van der Waals surface area contributed by atoms with Crippen LogP contribution in [0.1, 0.15) is 11.1 Å². The molecule has 0 spiro atoms. The minimum Gasteiger partial charge on any atom is -0.369 e. The second kappa shape index (κ2) is 5.50. The normalized spacial score (nSPS) is 10.6. The summed E-state index contributed by atoms with van der Waals surface area (Å²) in [7, 11) is 3.75. The number of nitrogens with zero attached hydrogens (tertiary/aromatic N) is 4. The van der Waals surface area contributed by atoms with Gasteiger partial charge < -0.3 is 4.90 Å². The summed E-state index contributed by atoms with van der Waals surface area (Å²) < 4.78 is 1.73. The van der Waals surface area contributed by atoms with Crippen molar-refractivity contribution >= 4 is 23.0 Å². The van der Waals surface area contributed by atoms with E-state index in [1.807, 2.05) is 32.1 Å². The van der Waals surface area contributed by atoms with E-state index >= 15 is 0 Å². The number of halogens is 1. The van der Waals surface area contributed by atoms with Gasteiger partial charge in [0.15, 0.2) is 0 Å². The van der Waals surface area contributed by atoms with Crippen molar-refractivity contribution in [3.05, 3.63) is 50.8 Å². The summed E-state index contributed by atoms with van der Waals surface area (Å²) in [4.78, 5) is 12.3. The average Bonchev–Trinajstić information content (AvgIpc) is 2.73. The van der Waals surface area contributed by atoms with Crippen LogP contribution >= 0.6 is 11.6 Å². The van der Waals surface area contributed by atoms with Gasteiger partial charge in [0.1, 0.15) is 0 Å². The monoisotopic (exact) mass is 294 g/mol. The molecular formula is C13H15ClN4O2. The van der Waals surface area contributed by atoms with Gasteiger partial charge in [-0.1, -0.05) is 11.6 Å². The molecule has 106 valence electrons. The van der Waals surface area contributed by atoms with Crippen LogP contribution in [0.3, 0.4) is 0 Å². The first-order valence-electron chi connectivity index (χ1n) is 6.01. The lowest BCUT2D eigenvalue weighted by atomic mass is 10.1. The number of benzene rings is 1. The molecule has 0 N–H and O–H groups in total. The van der Waals surface area contributed by atoms with Gasteiger partial charge in [0.25, 0.3) is 5.69 Å². The number of nitro benzene ring substituents is 1. The van der Waals surface area contributed by atoms with Crippen LogP contribution in [0.2, 0.25) is 5.02 Å². The molecule has 0 unspecified atom stereocenters. The van der Waals surface area contributed by atoms with E-state index in [0.29, 0.717) is 11.6 Å². The molecule has 0 bridgehead atoms. The smallest absolute Gasteiger partial charge is 0.271 e. The van der Waals surface area contributed by atoms with E-state index in [1.165, 1.54) is 12.1 Å². The fourth-order valence-corrected chi connectivity index (χ4v) is 2.62. The second-order valence-corrected chi connectivity index (χ2v) is 5.14. The highest BCUT2D eigenvalue weighted by molar-refractivity contribution is 6.33. The standard InChI is InChI=1S/C13H15ClN4O2/c1-9-4-11(18(19)20)5-12(14)13(9)16(2)7-10-6-15-17(3)8-10/h4-6,8H,7H2,1-3H3. The molecule has 0 saturated carbocycles. The van der Waals surface area contributed by atoms with Gasteiger partial charge in [0, 0.05) is 44.5 Å². The van der Waals surface area contributed by atoms with Gasteiger partial charge in [-0.05, 0) is 12.5 Å². The van der Waals surface area contributed by atoms with Crippen molar-refractivity contribution < 1.29 is 4.92 Å². The number of aromatic nitrogens is 2. The van der Waals surface area contributed by atoms with Gasteiger partial charge >= 0.3 is 0 Å². The molecule has 7 heteroatoms. The van der Waals surface area contributed by atoms with Gasteiger partial charge in [-0.3, -0.25) is 14.8 Å². The molecule has 0 atom stereocenters. The Morgan fingerprint density at radius 1 is 1.50 bits per heavy atom. The summed E-state index contributed by atoms with van der Waals surface area (Å²) >= 11 is 6.18. The minimum atomic E-state index is -0.441. The van der Waals surface area contributed by atoms with Crippen molar-refractivity contribution in [1.29, 1.82) is 0 Å². The molecule has 1 aromatic carbocycles. The van der Waals surface area contributed by atoms with E-state index in [1.54, 1.807) is 10.9 Å². The zero-order valence-electron chi connectivity index (χ0n) is 11.5. The summed E-state index contributed by atoms with van der Waals surface area (Å²) in [6.07, 6.45) is 3.70. The number of nitro groups is 1. The van der Waals surface area contributed by atoms with Gasteiger partial charge in [-0.25, -0.2) is 0 Å². The van der Waals surface area contributed by atoms with E-state index in [-0.39, 0.29) is 5.69 Å². The molecule has 0 saturated heterocycles. The summed E-state index contributed by atoms with van der Waals surface area (Å²) in [6, 6.07) is 2.91. The van der Waals surface area contributed by atoms with Crippen LogP contribution < -0.4 is 4.90 Å². The molecule has 0 fully saturated rings. The Kier molecular flexibility index (Phi) is 3.94. The van der Waals surface area contributed by atoms with Crippen molar-refractivity contribution in [2.24, 2.45) is 7.05 Å². The highest BCUT2D eigenvalue weighted by Gasteiger charge is 2.16. The van der Waals surface area contributed by atoms with Crippen molar-refractivity contribution in [2.45, 2.75) is 13.5 Å². The largest absolute Gasteiger partial charge is 0.369 e. The van der Waals surface area contributed by atoms with Gasteiger partial charge in [-0.15, -0.1) is 0 Å². The number of hydrogen-bond acceptors (Lipinski definition) is 4. The quantitative estimate of drug-likeness (QED) is 0.642. The number of aryl methyl sites for hydroxylation is 2. The van der Waals surface area contributed by atoms with E-state index in [0.717, 1.165) is 16.8 Å². The van der Waals surface area contributed by atoms with Crippen LogP contribution in [-0.2, 0) is 13.6 Å². The van der Waals surface area contributed by atoms with Crippen molar-refractivity contribution in [3.8, 4) is 0 Å². The van der Waals surface area contributed by atoms with Gasteiger partial charge in [-0.2, -0.15) is 5.10 Å². The molecule has 2 rings (SSSR count). The molecule has 0 aliphatic rings. The summed E-state index contributed by atoms with van der Waals surface area (Å²) in [5.74, 6) is 0.